The van der Waals surface area contributed by atoms with Crippen LogP contribution in [-0.4, -0.2) is 72.7 Å². The van der Waals surface area contributed by atoms with Crippen LogP contribution in [0.4, 0.5) is 0 Å². The molecule has 2 aliphatic heterocycles. The summed E-state index contributed by atoms with van der Waals surface area (Å²) in [5, 5.41) is 12.9. The van der Waals surface area contributed by atoms with Gasteiger partial charge in [0.2, 0.25) is 5.91 Å². The van der Waals surface area contributed by atoms with Gasteiger partial charge in [0.25, 0.3) is 0 Å². The fourth-order valence-electron chi connectivity index (χ4n) is 3.73. The van der Waals surface area contributed by atoms with Crippen molar-refractivity contribution < 1.29 is 9.90 Å². The number of carbonyl (C=O) groups excluding carboxylic acids is 1. The third kappa shape index (κ3) is 5.73. The van der Waals surface area contributed by atoms with Gasteiger partial charge in [-0.15, -0.1) is 0 Å². The first kappa shape index (κ1) is 18.7. The van der Waals surface area contributed by atoms with Crippen LogP contribution in [-0.2, 0) is 4.79 Å². The highest BCUT2D eigenvalue weighted by Gasteiger charge is 2.30. The van der Waals surface area contributed by atoms with Crippen LogP contribution in [0.15, 0.2) is 0 Å². The molecule has 0 saturated carbocycles. The molecule has 2 aliphatic rings. The molecule has 1 unspecified atom stereocenters. The number of carbonyl (C=O) groups is 1. The highest BCUT2D eigenvalue weighted by molar-refractivity contribution is 5.82. The SMILES string of the molecule is CC(C)CC(NC1CCN(C)CC1)C(=O)N1CCC(CO)CC1. The number of aliphatic hydroxyl groups excluding tert-OH is 1. The summed E-state index contributed by atoms with van der Waals surface area (Å²) in [7, 11) is 2.16. The van der Waals surface area contributed by atoms with Gasteiger partial charge >= 0.3 is 0 Å². The summed E-state index contributed by atoms with van der Waals surface area (Å²) in [5.41, 5.74) is 0. The number of nitrogens with one attached hydrogen (secondary N) is 1. The zero-order chi connectivity index (χ0) is 16.8. The Labute approximate surface area is 141 Å². The molecule has 0 aromatic heterocycles. The molecule has 1 amide bonds. The van der Waals surface area contributed by atoms with E-state index in [1.807, 2.05) is 4.90 Å². The molecule has 2 saturated heterocycles. The number of hydrogen-bond acceptors (Lipinski definition) is 4. The molecule has 5 heteroatoms. The van der Waals surface area contributed by atoms with Crippen molar-refractivity contribution in [3.63, 3.8) is 0 Å². The molecule has 1 atom stereocenters. The van der Waals surface area contributed by atoms with E-state index in [0.717, 1.165) is 58.3 Å². The Bertz CT molecular complexity index is 359. The predicted octanol–water partition coefficient (Wildman–Crippen LogP) is 1.32. The largest absolute Gasteiger partial charge is 0.396 e. The topological polar surface area (TPSA) is 55.8 Å². The number of rotatable bonds is 6. The molecule has 2 rings (SSSR count). The van der Waals surface area contributed by atoms with Gasteiger partial charge in [0.05, 0.1) is 6.04 Å². The van der Waals surface area contributed by atoms with Gasteiger partial charge in [-0.3, -0.25) is 4.79 Å². The van der Waals surface area contributed by atoms with Crippen LogP contribution in [0.3, 0.4) is 0 Å². The normalized spacial score (nSPS) is 23.4. The molecule has 0 bridgehead atoms. The first-order valence-corrected chi connectivity index (χ1v) is 9.33. The fraction of sp³-hybridized carbons (Fsp3) is 0.944. The molecule has 2 N–H and O–H groups in total. The van der Waals surface area contributed by atoms with E-state index in [2.05, 4.69) is 31.1 Å². The summed E-state index contributed by atoms with van der Waals surface area (Å²) in [6, 6.07) is 0.419. The quantitative estimate of drug-likeness (QED) is 0.773. The second kappa shape index (κ2) is 9.00. The fourth-order valence-corrected chi connectivity index (χ4v) is 3.73. The Morgan fingerprint density at radius 2 is 1.74 bits per heavy atom. The number of aliphatic hydroxyl groups is 1. The molecule has 23 heavy (non-hydrogen) atoms. The zero-order valence-electron chi connectivity index (χ0n) is 15.1. The molecular formula is C18H35N3O2. The van der Waals surface area contributed by atoms with E-state index in [4.69, 9.17) is 0 Å². The van der Waals surface area contributed by atoms with Gasteiger partial charge in [-0.05, 0) is 64.1 Å². The van der Waals surface area contributed by atoms with Gasteiger partial charge in [0.15, 0.2) is 0 Å². The number of hydrogen-bond donors (Lipinski definition) is 2. The highest BCUT2D eigenvalue weighted by Crippen LogP contribution is 2.19. The minimum Gasteiger partial charge on any atom is -0.396 e. The van der Waals surface area contributed by atoms with Crippen LogP contribution in [0.1, 0.15) is 46.0 Å². The Hall–Kier alpha value is -0.650. The maximum Gasteiger partial charge on any atom is 0.239 e. The number of likely N-dealkylation sites (tertiary alicyclic amines) is 2. The van der Waals surface area contributed by atoms with Crippen molar-refractivity contribution >= 4 is 5.91 Å². The Morgan fingerprint density at radius 1 is 1.13 bits per heavy atom. The predicted molar refractivity (Wildman–Crippen MR) is 93.3 cm³/mol. The highest BCUT2D eigenvalue weighted by atomic mass is 16.3. The summed E-state index contributed by atoms with van der Waals surface area (Å²) in [6.07, 6.45) is 5.04. The van der Waals surface area contributed by atoms with E-state index in [9.17, 15) is 9.90 Å². The van der Waals surface area contributed by atoms with E-state index >= 15 is 0 Å². The lowest BCUT2D eigenvalue weighted by Gasteiger charge is -2.37. The molecule has 2 fully saturated rings. The van der Waals surface area contributed by atoms with Crippen molar-refractivity contribution in [1.82, 2.24) is 15.1 Å². The number of nitrogens with zero attached hydrogens (tertiary/aromatic N) is 2. The van der Waals surface area contributed by atoms with Crippen molar-refractivity contribution in [3.05, 3.63) is 0 Å². The molecule has 0 radical (unpaired) electrons. The van der Waals surface area contributed by atoms with Gasteiger partial charge in [-0.1, -0.05) is 13.8 Å². The lowest BCUT2D eigenvalue weighted by molar-refractivity contribution is -0.135. The standard InChI is InChI=1S/C18H35N3O2/c1-14(2)12-17(19-16-6-8-20(3)9-7-16)18(23)21-10-4-15(13-22)5-11-21/h14-17,19,22H,4-13H2,1-3H3. The third-order valence-electron chi connectivity index (χ3n) is 5.35. The molecule has 0 aromatic carbocycles. The number of amides is 1. The summed E-state index contributed by atoms with van der Waals surface area (Å²) in [6.45, 7) is 8.46. The van der Waals surface area contributed by atoms with Crippen molar-refractivity contribution in [2.45, 2.75) is 58.0 Å². The monoisotopic (exact) mass is 325 g/mol. The van der Waals surface area contributed by atoms with Crippen molar-refractivity contribution in [1.29, 1.82) is 0 Å². The zero-order valence-corrected chi connectivity index (χ0v) is 15.1. The van der Waals surface area contributed by atoms with Crippen LogP contribution >= 0.6 is 0 Å². The third-order valence-corrected chi connectivity index (χ3v) is 5.35. The minimum atomic E-state index is -0.0471. The summed E-state index contributed by atoms with van der Waals surface area (Å²) < 4.78 is 0. The summed E-state index contributed by atoms with van der Waals surface area (Å²) in [5.74, 6) is 1.16. The lowest BCUT2D eigenvalue weighted by Crippen LogP contribution is -2.54. The minimum absolute atomic E-state index is 0.0471. The maximum absolute atomic E-state index is 13.0. The summed E-state index contributed by atoms with van der Waals surface area (Å²) >= 11 is 0. The van der Waals surface area contributed by atoms with Crippen molar-refractivity contribution in [2.75, 3.05) is 39.8 Å². The molecule has 0 aliphatic carbocycles. The van der Waals surface area contributed by atoms with Gasteiger partial charge < -0.3 is 20.2 Å². The maximum atomic E-state index is 13.0. The average Bonchev–Trinajstić information content (AvgIpc) is 2.55. The van der Waals surface area contributed by atoms with Crippen molar-refractivity contribution in [2.24, 2.45) is 11.8 Å². The van der Waals surface area contributed by atoms with E-state index in [1.54, 1.807) is 0 Å². The Kier molecular flexibility index (Phi) is 7.31. The van der Waals surface area contributed by atoms with Crippen LogP contribution < -0.4 is 5.32 Å². The molecule has 5 nitrogen and oxygen atoms in total. The molecular weight excluding hydrogens is 290 g/mol. The molecule has 0 spiro atoms. The van der Waals surface area contributed by atoms with Crippen LogP contribution in [0.5, 0.6) is 0 Å². The smallest absolute Gasteiger partial charge is 0.239 e. The van der Waals surface area contributed by atoms with Crippen LogP contribution in [0, 0.1) is 11.8 Å². The lowest BCUT2D eigenvalue weighted by atomic mass is 9.95. The number of piperidine rings is 2. The van der Waals surface area contributed by atoms with E-state index in [0.29, 0.717) is 17.9 Å². The first-order valence-electron chi connectivity index (χ1n) is 9.33. The first-order chi connectivity index (χ1) is 11.0. The summed E-state index contributed by atoms with van der Waals surface area (Å²) in [4.78, 5) is 17.3. The van der Waals surface area contributed by atoms with Crippen molar-refractivity contribution in [3.8, 4) is 0 Å². The van der Waals surface area contributed by atoms with Gasteiger partial charge in [0.1, 0.15) is 0 Å². The Morgan fingerprint density at radius 3 is 2.26 bits per heavy atom. The van der Waals surface area contributed by atoms with Gasteiger partial charge in [-0.25, -0.2) is 0 Å². The van der Waals surface area contributed by atoms with E-state index in [1.165, 1.54) is 0 Å². The molecule has 134 valence electrons. The Balaban J connectivity index is 1.90. The molecule has 0 aromatic rings. The van der Waals surface area contributed by atoms with Crippen LogP contribution in [0.2, 0.25) is 0 Å². The van der Waals surface area contributed by atoms with E-state index in [-0.39, 0.29) is 18.6 Å². The molecule has 2 heterocycles. The van der Waals surface area contributed by atoms with Gasteiger partial charge in [-0.2, -0.15) is 0 Å². The van der Waals surface area contributed by atoms with Crippen LogP contribution in [0.25, 0.3) is 0 Å². The second-order valence-corrected chi connectivity index (χ2v) is 7.88. The second-order valence-electron chi connectivity index (χ2n) is 7.88. The average molecular weight is 325 g/mol. The van der Waals surface area contributed by atoms with E-state index < -0.39 is 0 Å². The van der Waals surface area contributed by atoms with Gasteiger partial charge in [0, 0.05) is 25.7 Å².